The summed E-state index contributed by atoms with van der Waals surface area (Å²) in [5, 5.41) is 4.37. The maximum absolute atomic E-state index is 12.6. The number of esters is 1. The van der Waals surface area contributed by atoms with Gasteiger partial charge in [-0.15, -0.1) is 0 Å². The Morgan fingerprint density at radius 2 is 1.74 bits per heavy atom. The molecule has 0 radical (unpaired) electrons. The van der Waals surface area contributed by atoms with Gasteiger partial charge in [-0.25, -0.2) is 4.79 Å². The van der Waals surface area contributed by atoms with Crippen molar-refractivity contribution < 1.29 is 14.3 Å². The van der Waals surface area contributed by atoms with E-state index in [1.165, 1.54) is 7.11 Å². The van der Waals surface area contributed by atoms with E-state index in [0.717, 1.165) is 17.0 Å². The van der Waals surface area contributed by atoms with Gasteiger partial charge in [0.25, 0.3) is 0 Å². The Labute approximate surface area is 168 Å². The zero-order chi connectivity index (χ0) is 19.6. The summed E-state index contributed by atoms with van der Waals surface area (Å²) in [4.78, 5) is 14.4. The van der Waals surface area contributed by atoms with Gasteiger partial charge in [0.15, 0.2) is 5.11 Å². The number of benzene rings is 2. The van der Waals surface area contributed by atoms with Crippen LogP contribution < -0.4 is 15.0 Å². The van der Waals surface area contributed by atoms with Crippen molar-refractivity contribution in [3.63, 3.8) is 0 Å². The van der Waals surface area contributed by atoms with E-state index in [9.17, 15) is 4.79 Å². The minimum atomic E-state index is -0.417. The van der Waals surface area contributed by atoms with E-state index in [1.807, 2.05) is 43.3 Å². The van der Waals surface area contributed by atoms with Gasteiger partial charge in [0, 0.05) is 16.4 Å². The van der Waals surface area contributed by atoms with Crippen LogP contribution in [0.1, 0.15) is 18.5 Å². The zero-order valence-electron chi connectivity index (χ0n) is 15.2. The number of nitrogens with one attached hydrogen (secondary N) is 1. The van der Waals surface area contributed by atoms with Crippen molar-refractivity contribution in [2.24, 2.45) is 0 Å². The number of thiocarbonyl (C=S) groups is 1. The molecule has 27 heavy (non-hydrogen) atoms. The average molecular weight is 403 g/mol. The molecule has 7 heteroatoms. The summed E-state index contributed by atoms with van der Waals surface area (Å²) in [6.07, 6.45) is 0. The molecule has 0 fully saturated rings. The van der Waals surface area contributed by atoms with Gasteiger partial charge in [-0.1, -0.05) is 23.7 Å². The fourth-order valence-electron chi connectivity index (χ4n) is 3.06. The molecule has 0 spiro atoms. The first kappa shape index (κ1) is 19.2. The second kappa shape index (κ2) is 7.98. The molecule has 3 rings (SSSR count). The van der Waals surface area contributed by atoms with E-state index < -0.39 is 12.0 Å². The number of carbonyl (C=O) groups is 1. The monoisotopic (exact) mass is 402 g/mol. The summed E-state index contributed by atoms with van der Waals surface area (Å²) in [5.41, 5.74) is 2.89. The van der Waals surface area contributed by atoms with Crippen LogP contribution in [0, 0.1) is 0 Å². The van der Waals surface area contributed by atoms with Crippen LogP contribution in [0.25, 0.3) is 0 Å². The minimum Gasteiger partial charge on any atom is -0.497 e. The number of anilines is 1. The minimum absolute atomic E-state index is 0.415. The lowest BCUT2D eigenvalue weighted by atomic mass is 9.94. The first-order chi connectivity index (χ1) is 13.0. The van der Waals surface area contributed by atoms with E-state index in [-0.39, 0.29) is 0 Å². The summed E-state index contributed by atoms with van der Waals surface area (Å²) < 4.78 is 10.3. The predicted octanol–water partition coefficient (Wildman–Crippen LogP) is 4.23. The van der Waals surface area contributed by atoms with Gasteiger partial charge in [0.05, 0.1) is 25.8 Å². The van der Waals surface area contributed by atoms with Crippen molar-refractivity contribution in [1.29, 1.82) is 0 Å². The highest BCUT2D eigenvalue weighted by Crippen LogP contribution is 2.35. The number of carbonyl (C=O) groups excluding carboxylic acids is 1. The second-order valence-electron chi connectivity index (χ2n) is 5.96. The van der Waals surface area contributed by atoms with Crippen molar-refractivity contribution in [3.8, 4) is 5.75 Å². The van der Waals surface area contributed by atoms with Crippen LogP contribution in [-0.4, -0.2) is 25.3 Å². The van der Waals surface area contributed by atoms with Gasteiger partial charge in [-0.3, -0.25) is 4.90 Å². The number of allylic oxidation sites excluding steroid dienone is 1. The number of halogens is 1. The predicted molar refractivity (Wildman–Crippen MR) is 110 cm³/mol. The SMILES string of the molecule is COC(=O)C1=C(C)N(c2ccc(Cl)cc2)C(=S)NC1c1ccc(OC)cc1. The highest BCUT2D eigenvalue weighted by atomic mass is 35.5. The van der Waals surface area contributed by atoms with Crippen molar-refractivity contribution in [2.75, 3.05) is 19.1 Å². The first-order valence-corrected chi connectivity index (χ1v) is 9.04. The maximum Gasteiger partial charge on any atom is 0.337 e. The van der Waals surface area contributed by atoms with E-state index in [4.69, 9.17) is 33.3 Å². The number of hydrogen-bond donors (Lipinski definition) is 1. The van der Waals surface area contributed by atoms with Gasteiger partial charge in [0.1, 0.15) is 5.75 Å². The molecule has 1 atom stereocenters. The van der Waals surface area contributed by atoms with E-state index in [2.05, 4.69) is 5.32 Å². The van der Waals surface area contributed by atoms with Crippen LogP contribution in [0.4, 0.5) is 5.69 Å². The highest BCUT2D eigenvalue weighted by molar-refractivity contribution is 7.80. The molecular weight excluding hydrogens is 384 g/mol. The molecule has 1 aliphatic heterocycles. The molecule has 1 unspecified atom stereocenters. The number of nitrogens with zero attached hydrogens (tertiary/aromatic N) is 1. The third-order valence-corrected chi connectivity index (χ3v) is 4.98. The average Bonchev–Trinajstić information content (AvgIpc) is 2.68. The lowest BCUT2D eigenvalue weighted by Crippen LogP contribution is -2.48. The molecule has 1 aliphatic rings. The number of ether oxygens (including phenoxy) is 2. The van der Waals surface area contributed by atoms with E-state index in [1.54, 1.807) is 24.1 Å². The maximum atomic E-state index is 12.6. The van der Waals surface area contributed by atoms with Crippen LogP contribution in [0.3, 0.4) is 0 Å². The molecule has 1 N–H and O–H groups in total. The Hall–Kier alpha value is -2.57. The van der Waals surface area contributed by atoms with E-state index >= 15 is 0 Å². The molecule has 0 saturated carbocycles. The van der Waals surface area contributed by atoms with Crippen molar-refractivity contribution >= 4 is 40.6 Å². The van der Waals surface area contributed by atoms with Crippen LogP contribution in [0.5, 0.6) is 5.75 Å². The summed E-state index contributed by atoms with van der Waals surface area (Å²) in [5.74, 6) is 0.322. The highest BCUT2D eigenvalue weighted by Gasteiger charge is 2.35. The fourth-order valence-corrected chi connectivity index (χ4v) is 3.55. The fraction of sp³-hybridized carbons (Fsp3) is 0.200. The molecule has 2 aromatic carbocycles. The van der Waals surface area contributed by atoms with Gasteiger partial charge < -0.3 is 14.8 Å². The van der Waals surface area contributed by atoms with Crippen molar-refractivity contribution in [1.82, 2.24) is 5.32 Å². The molecule has 0 aliphatic carbocycles. The van der Waals surface area contributed by atoms with Gasteiger partial charge in [-0.2, -0.15) is 0 Å². The quantitative estimate of drug-likeness (QED) is 0.610. The smallest absolute Gasteiger partial charge is 0.337 e. The Morgan fingerprint density at radius 1 is 1.11 bits per heavy atom. The van der Waals surface area contributed by atoms with Crippen LogP contribution in [-0.2, 0) is 9.53 Å². The molecule has 0 amide bonds. The largest absolute Gasteiger partial charge is 0.497 e. The molecular formula is C20H19ClN2O3S. The normalized spacial score (nSPS) is 16.8. The summed E-state index contributed by atoms with van der Waals surface area (Å²) in [6, 6.07) is 14.3. The van der Waals surface area contributed by atoms with Crippen LogP contribution in [0.15, 0.2) is 59.8 Å². The number of rotatable bonds is 4. The topological polar surface area (TPSA) is 50.8 Å². The lowest BCUT2D eigenvalue weighted by Gasteiger charge is -2.37. The second-order valence-corrected chi connectivity index (χ2v) is 6.78. The van der Waals surface area contributed by atoms with Crippen LogP contribution >= 0.6 is 23.8 Å². The number of methoxy groups -OCH3 is 2. The van der Waals surface area contributed by atoms with Crippen LogP contribution in [0.2, 0.25) is 5.02 Å². The van der Waals surface area contributed by atoms with Crippen molar-refractivity contribution in [2.45, 2.75) is 13.0 Å². The van der Waals surface area contributed by atoms with Gasteiger partial charge in [0.2, 0.25) is 0 Å². The van der Waals surface area contributed by atoms with Gasteiger partial charge >= 0.3 is 5.97 Å². The molecule has 5 nitrogen and oxygen atoms in total. The Morgan fingerprint density at radius 3 is 2.30 bits per heavy atom. The third-order valence-electron chi connectivity index (χ3n) is 4.42. The standard InChI is InChI=1S/C20H19ClN2O3S/c1-12-17(19(24)26-3)18(13-4-10-16(25-2)11-5-13)22-20(27)23(12)15-8-6-14(21)7-9-15/h4-11,18H,1-3H3,(H,22,27). The Balaban J connectivity index is 2.09. The molecule has 1 heterocycles. The zero-order valence-corrected chi connectivity index (χ0v) is 16.7. The molecule has 140 valence electrons. The summed E-state index contributed by atoms with van der Waals surface area (Å²) >= 11 is 11.6. The summed E-state index contributed by atoms with van der Waals surface area (Å²) in [6.45, 7) is 1.85. The molecule has 0 bridgehead atoms. The number of hydrogen-bond acceptors (Lipinski definition) is 4. The Kier molecular flexibility index (Phi) is 5.68. The van der Waals surface area contributed by atoms with Gasteiger partial charge in [-0.05, 0) is 61.1 Å². The molecule has 0 saturated heterocycles. The van der Waals surface area contributed by atoms with E-state index in [0.29, 0.717) is 21.4 Å². The lowest BCUT2D eigenvalue weighted by molar-refractivity contribution is -0.136. The third kappa shape index (κ3) is 3.77. The summed E-state index contributed by atoms with van der Waals surface area (Å²) in [7, 11) is 2.98. The molecule has 2 aromatic rings. The molecule has 0 aromatic heterocycles. The van der Waals surface area contributed by atoms with Crippen molar-refractivity contribution in [3.05, 3.63) is 70.4 Å². The first-order valence-electron chi connectivity index (χ1n) is 8.25. The Bertz CT molecular complexity index is 894.